The van der Waals surface area contributed by atoms with Crippen LogP contribution in [0.4, 0.5) is 0 Å². The minimum atomic E-state index is -0.521. The predicted molar refractivity (Wildman–Crippen MR) is 56.0 cm³/mol. The van der Waals surface area contributed by atoms with Gasteiger partial charge < -0.3 is 10.1 Å². The van der Waals surface area contributed by atoms with Gasteiger partial charge in [0.15, 0.2) is 0 Å². The highest BCUT2D eigenvalue weighted by Crippen LogP contribution is 2.18. The zero-order chi connectivity index (χ0) is 11.3. The molecule has 0 aliphatic carbocycles. The van der Waals surface area contributed by atoms with Crippen LogP contribution in [0, 0.1) is 17.2 Å². The van der Waals surface area contributed by atoms with E-state index in [0.717, 1.165) is 12.8 Å². The molecule has 1 heterocycles. The second-order valence-electron chi connectivity index (χ2n) is 4.32. The number of hydrogen-bond donors (Lipinski definition) is 1. The molecule has 1 aliphatic rings. The van der Waals surface area contributed by atoms with E-state index in [1.807, 2.05) is 19.9 Å². The van der Waals surface area contributed by atoms with Gasteiger partial charge in [-0.3, -0.25) is 4.79 Å². The second-order valence-corrected chi connectivity index (χ2v) is 4.32. The minimum Gasteiger partial charge on any atom is -0.379 e. The van der Waals surface area contributed by atoms with Crippen molar-refractivity contribution in [3.05, 3.63) is 0 Å². The van der Waals surface area contributed by atoms with Crippen LogP contribution >= 0.6 is 0 Å². The average molecular weight is 210 g/mol. The lowest BCUT2D eigenvalue weighted by atomic mass is 9.98. The Morgan fingerprint density at radius 1 is 1.73 bits per heavy atom. The lowest BCUT2D eigenvalue weighted by Crippen LogP contribution is -2.48. The third kappa shape index (κ3) is 3.21. The molecule has 2 atom stereocenters. The van der Waals surface area contributed by atoms with E-state index in [4.69, 9.17) is 10.00 Å². The van der Waals surface area contributed by atoms with Crippen LogP contribution in [0.1, 0.15) is 33.1 Å². The zero-order valence-electron chi connectivity index (χ0n) is 9.38. The SMILES string of the molecule is CCCC(C#N)C(=O)NC1(C)CCOC1. The Bertz CT molecular complexity index is 264. The fraction of sp³-hybridized carbons (Fsp3) is 0.818. The van der Waals surface area contributed by atoms with Gasteiger partial charge in [-0.1, -0.05) is 13.3 Å². The van der Waals surface area contributed by atoms with Crippen LogP contribution in [0.2, 0.25) is 0 Å². The molecule has 15 heavy (non-hydrogen) atoms. The zero-order valence-corrected chi connectivity index (χ0v) is 9.38. The Hall–Kier alpha value is -1.08. The topological polar surface area (TPSA) is 62.1 Å². The molecule has 84 valence electrons. The molecule has 4 nitrogen and oxygen atoms in total. The fourth-order valence-corrected chi connectivity index (χ4v) is 1.69. The quantitative estimate of drug-likeness (QED) is 0.759. The predicted octanol–water partition coefficient (Wildman–Crippen LogP) is 1.22. The summed E-state index contributed by atoms with van der Waals surface area (Å²) in [5, 5.41) is 11.7. The Morgan fingerprint density at radius 3 is 2.93 bits per heavy atom. The number of amides is 1. The highest BCUT2D eigenvalue weighted by Gasteiger charge is 2.33. The van der Waals surface area contributed by atoms with Crippen molar-refractivity contribution < 1.29 is 9.53 Å². The van der Waals surface area contributed by atoms with Gasteiger partial charge in [0.25, 0.3) is 0 Å². The van der Waals surface area contributed by atoms with Gasteiger partial charge in [0, 0.05) is 6.61 Å². The molecule has 0 spiro atoms. The van der Waals surface area contributed by atoms with Gasteiger partial charge in [-0.15, -0.1) is 0 Å². The van der Waals surface area contributed by atoms with Crippen molar-refractivity contribution in [1.82, 2.24) is 5.32 Å². The van der Waals surface area contributed by atoms with Crippen LogP contribution in [0.15, 0.2) is 0 Å². The lowest BCUT2D eigenvalue weighted by Gasteiger charge is -2.24. The van der Waals surface area contributed by atoms with Crippen LogP contribution in [0.3, 0.4) is 0 Å². The molecule has 0 bridgehead atoms. The first-order chi connectivity index (χ1) is 7.11. The Morgan fingerprint density at radius 2 is 2.47 bits per heavy atom. The Kier molecular flexibility index (Phi) is 4.10. The first-order valence-electron chi connectivity index (χ1n) is 5.40. The maximum Gasteiger partial charge on any atom is 0.237 e. The first-order valence-corrected chi connectivity index (χ1v) is 5.40. The second kappa shape index (κ2) is 5.13. The van der Waals surface area contributed by atoms with E-state index in [1.54, 1.807) is 0 Å². The minimum absolute atomic E-state index is 0.160. The fourth-order valence-electron chi connectivity index (χ4n) is 1.69. The maximum atomic E-state index is 11.7. The molecular weight excluding hydrogens is 192 g/mol. The number of carbonyl (C=O) groups excluding carboxylic acids is 1. The number of rotatable bonds is 4. The Labute approximate surface area is 90.6 Å². The van der Waals surface area contributed by atoms with Crippen molar-refractivity contribution in [3.8, 4) is 6.07 Å². The standard InChI is InChI=1S/C11H18N2O2/c1-3-4-9(7-12)10(14)13-11(2)5-6-15-8-11/h9H,3-6,8H2,1-2H3,(H,13,14). The largest absolute Gasteiger partial charge is 0.379 e. The van der Waals surface area contributed by atoms with Crippen LogP contribution in [-0.4, -0.2) is 24.7 Å². The van der Waals surface area contributed by atoms with Crippen molar-refractivity contribution in [1.29, 1.82) is 5.26 Å². The molecule has 4 heteroatoms. The van der Waals surface area contributed by atoms with Crippen LogP contribution in [0.5, 0.6) is 0 Å². The van der Waals surface area contributed by atoms with Crippen molar-refractivity contribution >= 4 is 5.91 Å². The number of nitrogens with one attached hydrogen (secondary N) is 1. The van der Waals surface area contributed by atoms with Crippen molar-refractivity contribution in [3.63, 3.8) is 0 Å². The molecule has 1 fully saturated rings. The first kappa shape index (κ1) is 12.0. The van der Waals surface area contributed by atoms with E-state index < -0.39 is 5.92 Å². The van der Waals surface area contributed by atoms with Crippen LogP contribution < -0.4 is 5.32 Å². The number of nitriles is 1. The molecule has 1 aliphatic heterocycles. The summed E-state index contributed by atoms with van der Waals surface area (Å²) < 4.78 is 5.24. The monoisotopic (exact) mass is 210 g/mol. The summed E-state index contributed by atoms with van der Waals surface area (Å²) in [7, 11) is 0. The van der Waals surface area contributed by atoms with Gasteiger partial charge in [-0.25, -0.2) is 0 Å². The third-order valence-corrected chi connectivity index (χ3v) is 2.69. The smallest absolute Gasteiger partial charge is 0.237 e. The van der Waals surface area contributed by atoms with E-state index in [2.05, 4.69) is 5.32 Å². The van der Waals surface area contributed by atoms with Gasteiger partial charge in [0.2, 0.25) is 5.91 Å². The molecule has 0 aromatic heterocycles. The molecule has 0 aromatic carbocycles. The maximum absolute atomic E-state index is 11.7. The summed E-state index contributed by atoms with van der Waals surface area (Å²) in [6, 6.07) is 2.04. The normalized spacial score (nSPS) is 27.0. The van der Waals surface area contributed by atoms with E-state index in [-0.39, 0.29) is 11.4 Å². The molecular formula is C11H18N2O2. The third-order valence-electron chi connectivity index (χ3n) is 2.69. The van der Waals surface area contributed by atoms with Crippen LogP contribution in [-0.2, 0) is 9.53 Å². The lowest BCUT2D eigenvalue weighted by molar-refractivity contribution is -0.125. The van der Waals surface area contributed by atoms with E-state index in [9.17, 15) is 4.79 Å². The van der Waals surface area contributed by atoms with Gasteiger partial charge in [0.1, 0.15) is 5.92 Å². The molecule has 0 aromatic rings. The number of hydrogen-bond acceptors (Lipinski definition) is 3. The molecule has 1 amide bonds. The molecule has 1 rings (SSSR count). The Balaban J connectivity index is 2.50. The van der Waals surface area contributed by atoms with Gasteiger partial charge in [-0.05, 0) is 19.8 Å². The summed E-state index contributed by atoms with van der Waals surface area (Å²) in [5.74, 6) is -0.681. The summed E-state index contributed by atoms with van der Waals surface area (Å²) in [4.78, 5) is 11.7. The summed E-state index contributed by atoms with van der Waals surface area (Å²) >= 11 is 0. The summed E-state index contributed by atoms with van der Waals surface area (Å²) in [6.45, 7) is 5.15. The molecule has 2 unspecified atom stereocenters. The highest BCUT2D eigenvalue weighted by molar-refractivity contribution is 5.81. The van der Waals surface area contributed by atoms with E-state index in [1.165, 1.54) is 0 Å². The van der Waals surface area contributed by atoms with E-state index in [0.29, 0.717) is 19.6 Å². The summed E-state index contributed by atoms with van der Waals surface area (Å²) in [6.07, 6.45) is 2.29. The summed E-state index contributed by atoms with van der Waals surface area (Å²) in [5.41, 5.74) is -0.278. The van der Waals surface area contributed by atoms with Crippen molar-refractivity contribution in [2.45, 2.75) is 38.6 Å². The van der Waals surface area contributed by atoms with Gasteiger partial charge in [0.05, 0.1) is 18.2 Å². The van der Waals surface area contributed by atoms with Gasteiger partial charge >= 0.3 is 0 Å². The van der Waals surface area contributed by atoms with Crippen molar-refractivity contribution in [2.24, 2.45) is 5.92 Å². The van der Waals surface area contributed by atoms with Crippen molar-refractivity contribution in [2.75, 3.05) is 13.2 Å². The van der Waals surface area contributed by atoms with Gasteiger partial charge in [-0.2, -0.15) is 5.26 Å². The number of nitrogens with zero attached hydrogens (tertiary/aromatic N) is 1. The average Bonchev–Trinajstić information content (AvgIpc) is 2.60. The van der Waals surface area contributed by atoms with Crippen LogP contribution in [0.25, 0.3) is 0 Å². The number of carbonyl (C=O) groups is 1. The molecule has 0 radical (unpaired) electrons. The van der Waals surface area contributed by atoms with E-state index >= 15 is 0 Å². The highest BCUT2D eigenvalue weighted by atomic mass is 16.5. The molecule has 1 saturated heterocycles. The molecule has 0 saturated carbocycles. The molecule has 1 N–H and O–H groups in total. The number of ether oxygens (including phenoxy) is 1.